The summed E-state index contributed by atoms with van der Waals surface area (Å²) in [5, 5.41) is 11.4. The standard InChI is InChI=1S/C15H19NO4S/c1-20-12-5-3-2-4-11(12)15(6-7-15)14(19)16-8-9-21-10-13(17)18/h2-5H,6-10H2,1H3,(H,16,19)(H,17,18). The molecule has 0 aromatic heterocycles. The second kappa shape index (κ2) is 6.85. The number of para-hydroxylation sites is 1. The van der Waals surface area contributed by atoms with E-state index in [-0.39, 0.29) is 11.7 Å². The van der Waals surface area contributed by atoms with Gasteiger partial charge in [0.05, 0.1) is 18.3 Å². The average molecular weight is 309 g/mol. The van der Waals surface area contributed by atoms with E-state index in [1.165, 1.54) is 11.8 Å². The fraction of sp³-hybridized carbons (Fsp3) is 0.467. The average Bonchev–Trinajstić information content (AvgIpc) is 3.28. The van der Waals surface area contributed by atoms with Crippen molar-refractivity contribution < 1.29 is 19.4 Å². The molecule has 1 saturated carbocycles. The predicted octanol–water partition coefficient (Wildman–Crippen LogP) is 1.66. The molecule has 0 unspecified atom stereocenters. The molecule has 0 spiro atoms. The molecule has 6 heteroatoms. The molecule has 1 amide bonds. The minimum absolute atomic E-state index is 0.00271. The Morgan fingerprint density at radius 3 is 2.71 bits per heavy atom. The summed E-state index contributed by atoms with van der Waals surface area (Å²) in [6, 6.07) is 7.60. The molecule has 0 saturated heterocycles. The highest BCUT2D eigenvalue weighted by Crippen LogP contribution is 2.51. The Kier molecular flexibility index (Phi) is 5.12. The van der Waals surface area contributed by atoms with Crippen molar-refractivity contribution in [3.05, 3.63) is 29.8 Å². The fourth-order valence-corrected chi connectivity index (χ4v) is 2.91. The zero-order valence-corrected chi connectivity index (χ0v) is 12.7. The Hall–Kier alpha value is -1.69. The van der Waals surface area contributed by atoms with E-state index in [2.05, 4.69) is 5.32 Å². The molecule has 1 aliphatic rings. The number of thioether (sulfide) groups is 1. The number of hydrogen-bond donors (Lipinski definition) is 2. The fourth-order valence-electron chi connectivity index (χ4n) is 2.35. The van der Waals surface area contributed by atoms with E-state index in [1.54, 1.807) is 7.11 Å². The SMILES string of the molecule is COc1ccccc1C1(C(=O)NCCSCC(=O)O)CC1. The molecule has 2 rings (SSSR count). The number of carboxylic acid groups (broad SMARTS) is 1. The van der Waals surface area contributed by atoms with E-state index in [0.717, 1.165) is 24.2 Å². The monoisotopic (exact) mass is 309 g/mol. The summed E-state index contributed by atoms with van der Waals surface area (Å²) < 4.78 is 5.34. The lowest BCUT2D eigenvalue weighted by Crippen LogP contribution is -2.36. The number of carboxylic acids is 1. The van der Waals surface area contributed by atoms with Crippen LogP contribution in [0.1, 0.15) is 18.4 Å². The maximum atomic E-state index is 12.4. The van der Waals surface area contributed by atoms with Crippen LogP contribution in [-0.4, -0.2) is 42.1 Å². The van der Waals surface area contributed by atoms with Crippen molar-refractivity contribution in [2.45, 2.75) is 18.3 Å². The van der Waals surface area contributed by atoms with Gasteiger partial charge in [-0.2, -0.15) is 0 Å². The lowest BCUT2D eigenvalue weighted by Gasteiger charge is -2.18. The van der Waals surface area contributed by atoms with E-state index < -0.39 is 11.4 Å². The molecule has 0 aliphatic heterocycles. The number of carbonyl (C=O) groups is 2. The Balaban J connectivity index is 1.91. The van der Waals surface area contributed by atoms with E-state index in [0.29, 0.717) is 12.3 Å². The van der Waals surface area contributed by atoms with Crippen LogP contribution in [0.4, 0.5) is 0 Å². The van der Waals surface area contributed by atoms with Crippen LogP contribution in [-0.2, 0) is 15.0 Å². The third-order valence-corrected chi connectivity index (χ3v) is 4.51. The van der Waals surface area contributed by atoms with Crippen LogP contribution in [0, 0.1) is 0 Å². The molecule has 1 aromatic rings. The van der Waals surface area contributed by atoms with Gasteiger partial charge >= 0.3 is 5.97 Å². The molecule has 21 heavy (non-hydrogen) atoms. The van der Waals surface area contributed by atoms with Gasteiger partial charge in [-0.25, -0.2) is 0 Å². The van der Waals surface area contributed by atoms with Crippen molar-refractivity contribution in [1.29, 1.82) is 0 Å². The summed E-state index contributed by atoms with van der Waals surface area (Å²) in [6.45, 7) is 0.480. The lowest BCUT2D eigenvalue weighted by molar-refractivity contribution is -0.133. The molecule has 0 radical (unpaired) electrons. The number of rotatable bonds is 8. The number of ether oxygens (including phenoxy) is 1. The van der Waals surface area contributed by atoms with Gasteiger partial charge in [-0.05, 0) is 18.9 Å². The number of hydrogen-bond acceptors (Lipinski definition) is 4. The first-order chi connectivity index (χ1) is 10.1. The van der Waals surface area contributed by atoms with Gasteiger partial charge in [0.15, 0.2) is 0 Å². The van der Waals surface area contributed by atoms with Crippen LogP contribution >= 0.6 is 11.8 Å². The smallest absolute Gasteiger partial charge is 0.313 e. The summed E-state index contributed by atoms with van der Waals surface area (Å²) in [5.41, 5.74) is 0.465. The first-order valence-corrected chi connectivity index (χ1v) is 7.97. The Labute approximate surface area is 128 Å². The molecule has 114 valence electrons. The second-order valence-corrected chi connectivity index (χ2v) is 6.09. The number of methoxy groups -OCH3 is 1. The second-order valence-electron chi connectivity index (χ2n) is 4.98. The Morgan fingerprint density at radius 2 is 2.10 bits per heavy atom. The van der Waals surface area contributed by atoms with Crippen molar-refractivity contribution in [2.75, 3.05) is 25.2 Å². The predicted molar refractivity (Wildman–Crippen MR) is 81.9 cm³/mol. The molecule has 1 fully saturated rings. The Bertz CT molecular complexity index is 528. The summed E-state index contributed by atoms with van der Waals surface area (Å²) in [7, 11) is 1.61. The lowest BCUT2D eigenvalue weighted by atomic mass is 9.94. The first kappa shape index (κ1) is 15.7. The van der Waals surface area contributed by atoms with Crippen LogP contribution in [0.25, 0.3) is 0 Å². The highest BCUT2D eigenvalue weighted by atomic mass is 32.2. The van der Waals surface area contributed by atoms with E-state index in [4.69, 9.17) is 9.84 Å². The number of carbonyl (C=O) groups excluding carboxylic acids is 1. The van der Waals surface area contributed by atoms with Gasteiger partial charge in [0.2, 0.25) is 5.91 Å². The summed E-state index contributed by atoms with van der Waals surface area (Å²) in [4.78, 5) is 22.8. The van der Waals surface area contributed by atoms with Crippen molar-refractivity contribution in [3.8, 4) is 5.75 Å². The summed E-state index contributed by atoms with van der Waals surface area (Å²) in [6.07, 6.45) is 1.64. The van der Waals surface area contributed by atoms with Crippen LogP contribution in [0.5, 0.6) is 5.75 Å². The largest absolute Gasteiger partial charge is 0.496 e. The van der Waals surface area contributed by atoms with Crippen LogP contribution in [0.2, 0.25) is 0 Å². The highest BCUT2D eigenvalue weighted by Gasteiger charge is 2.52. The third kappa shape index (κ3) is 3.69. The molecule has 1 aromatic carbocycles. The molecular formula is C15H19NO4S. The van der Waals surface area contributed by atoms with Gasteiger partial charge in [0.1, 0.15) is 5.75 Å². The maximum absolute atomic E-state index is 12.4. The van der Waals surface area contributed by atoms with Crippen molar-refractivity contribution in [2.24, 2.45) is 0 Å². The number of nitrogens with one attached hydrogen (secondary N) is 1. The van der Waals surface area contributed by atoms with Crippen molar-refractivity contribution in [1.82, 2.24) is 5.32 Å². The molecule has 0 bridgehead atoms. The normalized spacial score (nSPS) is 15.3. The quantitative estimate of drug-likeness (QED) is 0.714. The number of aliphatic carboxylic acids is 1. The molecule has 1 aliphatic carbocycles. The first-order valence-electron chi connectivity index (χ1n) is 6.81. The van der Waals surface area contributed by atoms with E-state index >= 15 is 0 Å². The van der Waals surface area contributed by atoms with Crippen molar-refractivity contribution >= 4 is 23.6 Å². The van der Waals surface area contributed by atoms with Gasteiger partial charge in [-0.1, -0.05) is 18.2 Å². The van der Waals surface area contributed by atoms with Crippen LogP contribution in [0.3, 0.4) is 0 Å². The zero-order valence-electron chi connectivity index (χ0n) is 11.9. The topological polar surface area (TPSA) is 75.6 Å². The molecular weight excluding hydrogens is 290 g/mol. The maximum Gasteiger partial charge on any atom is 0.313 e. The summed E-state index contributed by atoms with van der Waals surface area (Å²) >= 11 is 1.30. The minimum Gasteiger partial charge on any atom is -0.496 e. The summed E-state index contributed by atoms with van der Waals surface area (Å²) in [5.74, 6) is 0.570. The molecule has 2 N–H and O–H groups in total. The minimum atomic E-state index is -0.834. The number of amides is 1. The van der Waals surface area contributed by atoms with Crippen LogP contribution in [0.15, 0.2) is 24.3 Å². The van der Waals surface area contributed by atoms with Gasteiger partial charge in [-0.3, -0.25) is 9.59 Å². The Morgan fingerprint density at radius 1 is 1.38 bits per heavy atom. The highest BCUT2D eigenvalue weighted by molar-refractivity contribution is 7.99. The van der Waals surface area contributed by atoms with Gasteiger partial charge in [0.25, 0.3) is 0 Å². The third-order valence-electron chi connectivity index (χ3n) is 3.56. The van der Waals surface area contributed by atoms with Gasteiger partial charge in [-0.15, -0.1) is 11.8 Å². The number of benzene rings is 1. The van der Waals surface area contributed by atoms with Crippen molar-refractivity contribution in [3.63, 3.8) is 0 Å². The molecule has 0 heterocycles. The van der Waals surface area contributed by atoms with E-state index in [1.807, 2.05) is 24.3 Å². The zero-order chi connectivity index (χ0) is 15.3. The van der Waals surface area contributed by atoms with Crippen LogP contribution < -0.4 is 10.1 Å². The van der Waals surface area contributed by atoms with E-state index in [9.17, 15) is 9.59 Å². The molecule has 5 nitrogen and oxygen atoms in total. The van der Waals surface area contributed by atoms with Gasteiger partial charge in [0, 0.05) is 17.9 Å². The van der Waals surface area contributed by atoms with Gasteiger partial charge < -0.3 is 15.2 Å². The molecule has 0 atom stereocenters.